The number of aromatic nitrogens is 4. The van der Waals surface area contributed by atoms with Crippen LogP contribution < -0.4 is 15.8 Å². The van der Waals surface area contributed by atoms with E-state index >= 15 is 4.39 Å². The number of nitrogens with one attached hydrogen (secondary N) is 1. The third kappa shape index (κ3) is 6.17. The van der Waals surface area contributed by atoms with Crippen molar-refractivity contribution in [3.05, 3.63) is 78.7 Å². The largest absolute Gasteiger partial charge is 0.482 e. The number of carbonyl (C=O) groups is 1. The first-order valence-corrected chi connectivity index (χ1v) is 13.6. The molecule has 0 fully saturated rings. The van der Waals surface area contributed by atoms with Gasteiger partial charge in [-0.2, -0.15) is 0 Å². The summed E-state index contributed by atoms with van der Waals surface area (Å²) in [5, 5.41) is 3.23. The zero-order valence-electron chi connectivity index (χ0n) is 23.0. The Hall–Kier alpha value is -4.59. The lowest BCUT2D eigenvalue weighted by atomic mass is 9.82. The van der Waals surface area contributed by atoms with E-state index in [4.69, 9.17) is 14.9 Å². The lowest BCUT2D eigenvalue weighted by molar-refractivity contribution is -0.123. The molecule has 3 N–H and O–H groups in total. The third-order valence-corrected chi connectivity index (χ3v) is 7.62. The monoisotopic (exact) mass is 594 g/mol. The molecule has 0 radical (unpaired) electrons. The van der Waals surface area contributed by atoms with Gasteiger partial charge in [-0.1, -0.05) is 17.8 Å². The van der Waals surface area contributed by atoms with Crippen molar-refractivity contribution >= 4 is 45.4 Å². The lowest BCUT2D eigenvalue weighted by Crippen LogP contribution is -2.43. The number of amides is 1. The van der Waals surface area contributed by atoms with E-state index in [1.807, 2.05) is 6.92 Å². The standard InChI is InChI=1S/C28H28F2N8O3S/c1-27(7-6-23(39)38(2)3)14-28(15-29,37-26(31)42-27)19-10-17(4-5-20(19)30)36-25-24-21(34-16-35-25)11-18(12-33-24)41-13-22-32-8-9-40-22/h4-12,16H,13-15H2,1-3H3,(H2,31,37)(H,34,35,36)/b7-6+/t27-,28+/m0/s1. The van der Waals surface area contributed by atoms with Crippen molar-refractivity contribution in [1.29, 1.82) is 0 Å². The molecule has 4 aromatic rings. The molecule has 0 bridgehead atoms. The van der Waals surface area contributed by atoms with E-state index in [9.17, 15) is 9.18 Å². The minimum absolute atomic E-state index is 0.0188. The van der Waals surface area contributed by atoms with Gasteiger partial charge in [0.1, 0.15) is 41.9 Å². The number of ether oxygens (including phenoxy) is 1. The van der Waals surface area contributed by atoms with Crippen molar-refractivity contribution in [3.8, 4) is 5.75 Å². The van der Waals surface area contributed by atoms with Crippen LogP contribution in [0.5, 0.6) is 5.75 Å². The number of oxazole rings is 1. The van der Waals surface area contributed by atoms with Gasteiger partial charge < -0.3 is 25.1 Å². The number of thioether (sulfide) groups is 1. The first kappa shape index (κ1) is 28.9. The van der Waals surface area contributed by atoms with Crippen molar-refractivity contribution in [1.82, 2.24) is 24.8 Å². The number of halogens is 2. The Kier molecular flexibility index (Phi) is 8.07. The van der Waals surface area contributed by atoms with Crippen LogP contribution in [0.4, 0.5) is 20.3 Å². The minimum Gasteiger partial charge on any atom is -0.482 e. The van der Waals surface area contributed by atoms with Gasteiger partial charge in [-0.05, 0) is 31.5 Å². The van der Waals surface area contributed by atoms with Gasteiger partial charge >= 0.3 is 0 Å². The van der Waals surface area contributed by atoms with Gasteiger partial charge in [0.05, 0.1) is 17.9 Å². The van der Waals surface area contributed by atoms with Gasteiger partial charge in [0, 0.05) is 42.2 Å². The smallest absolute Gasteiger partial charge is 0.245 e. The van der Waals surface area contributed by atoms with Crippen molar-refractivity contribution < 1.29 is 22.7 Å². The average Bonchev–Trinajstić information content (AvgIpc) is 3.49. The number of rotatable bonds is 9. The number of nitrogens with two attached hydrogens (primary N) is 1. The molecule has 218 valence electrons. The van der Waals surface area contributed by atoms with E-state index in [-0.39, 0.29) is 29.7 Å². The van der Waals surface area contributed by atoms with Crippen LogP contribution in [0, 0.1) is 5.82 Å². The number of alkyl halides is 1. The van der Waals surface area contributed by atoms with Gasteiger partial charge in [-0.25, -0.2) is 33.7 Å². The van der Waals surface area contributed by atoms with Crippen LogP contribution in [0.2, 0.25) is 0 Å². The molecule has 4 heterocycles. The molecule has 0 unspecified atom stereocenters. The summed E-state index contributed by atoms with van der Waals surface area (Å²) in [4.78, 5) is 35.0. The number of amidine groups is 1. The molecule has 2 atom stereocenters. The number of anilines is 2. The van der Waals surface area contributed by atoms with E-state index in [1.165, 1.54) is 65.9 Å². The molecule has 0 saturated heterocycles. The molecule has 11 nitrogen and oxygen atoms in total. The molecule has 1 aliphatic heterocycles. The number of hydrogen-bond donors (Lipinski definition) is 2. The van der Waals surface area contributed by atoms with Crippen LogP contribution in [0.15, 0.2) is 70.8 Å². The van der Waals surface area contributed by atoms with Crippen molar-refractivity contribution in [3.63, 3.8) is 0 Å². The van der Waals surface area contributed by atoms with E-state index in [0.29, 0.717) is 34.2 Å². The molecule has 42 heavy (non-hydrogen) atoms. The second-order valence-electron chi connectivity index (χ2n) is 10.1. The number of aliphatic imine (C=N–C) groups is 1. The zero-order valence-corrected chi connectivity index (χ0v) is 23.9. The first-order valence-electron chi connectivity index (χ1n) is 12.8. The predicted molar refractivity (Wildman–Crippen MR) is 156 cm³/mol. The van der Waals surface area contributed by atoms with Crippen LogP contribution in [0.1, 0.15) is 24.8 Å². The lowest BCUT2D eigenvalue weighted by Gasteiger charge is -2.40. The summed E-state index contributed by atoms with van der Waals surface area (Å²) < 4.78 is 40.3. The Bertz CT molecular complexity index is 1670. The second kappa shape index (κ2) is 11.7. The number of hydrogen-bond acceptors (Lipinski definition) is 11. The molecule has 0 aliphatic carbocycles. The average molecular weight is 595 g/mol. The number of likely N-dealkylation sites (N-methyl/N-ethyl adjacent to an activating group) is 1. The summed E-state index contributed by atoms with van der Waals surface area (Å²) in [6, 6.07) is 5.92. The highest BCUT2D eigenvalue weighted by atomic mass is 32.2. The fraction of sp³-hybridized carbons (Fsp3) is 0.286. The van der Waals surface area contributed by atoms with Crippen molar-refractivity contribution in [2.45, 2.75) is 30.2 Å². The van der Waals surface area contributed by atoms with Crippen LogP contribution in [-0.4, -0.2) is 61.4 Å². The van der Waals surface area contributed by atoms with Crippen LogP contribution >= 0.6 is 11.8 Å². The zero-order chi connectivity index (χ0) is 29.9. The van der Waals surface area contributed by atoms with Gasteiger partial charge in [0.25, 0.3) is 0 Å². The second-order valence-corrected chi connectivity index (χ2v) is 11.6. The van der Waals surface area contributed by atoms with Gasteiger partial charge in [-0.3, -0.25) is 4.79 Å². The predicted octanol–water partition coefficient (Wildman–Crippen LogP) is 4.49. The van der Waals surface area contributed by atoms with Crippen LogP contribution in [-0.2, 0) is 16.9 Å². The van der Waals surface area contributed by atoms with E-state index in [2.05, 4.69) is 30.2 Å². The molecule has 1 aromatic carbocycles. The van der Waals surface area contributed by atoms with E-state index < -0.39 is 22.8 Å². The molecular formula is C28H28F2N8O3S. The molecule has 0 saturated carbocycles. The minimum atomic E-state index is -1.61. The number of pyridine rings is 1. The summed E-state index contributed by atoms with van der Waals surface area (Å²) in [5.41, 5.74) is 5.90. The number of fused-ring (bicyclic) bond motifs is 1. The number of carbonyl (C=O) groups excluding carboxylic acids is 1. The molecule has 0 spiro atoms. The summed E-state index contributed by atoms with van der Waals surface area (Å²) in [6.07, 6.45) is 8.98. The number of nitrogens with zero attached hydrogens (tertiary/aromatic N) is 6. The quantitative estimate of drug-likeness (QED) is 0.266. The highest BCUT2D eigenvalue weighted by Crippen LogP contribution is 2.47. The summed E-state index contributed by atoms with van der Waals surface area (Å²) in [5.74, 6) is 0.341. The topological polar surface area (TPSA) is 145 Å². The summed E-state index contributed by atoms with van der Waals surface area (Å²) in [7, 11) is 3.25. The maximum Gasteiger partial charge on any atom is 0.245 e. The third-order valence-electron chi connectivity index (χ3n) is 6.57. The highest BCUT2D eigenvalue weighted by molar-refractivity contribution is 8.15. The Morgan fingerprint density at radius 2 is 2.10 bits per heavy atom. The Balaban J connectivity index is 1.43. The molecule has 14 heteroatoms. The maximum atomic E-state index is 15.3. The first-order chi connectivity index (χ1) is 20.1. The fourth-order valence-electron chi connectivity index (χ4n) is 4.58. The van der Waals surface area contributed by atoms with Gasteiger partial charge in [0.2, 0.25) is 11.8 Å². The van der Waals surface area contributed by atoms with Crippen molar-refractivity contribution in [2.24, 2.45) is 10.7 Å². The SMILES string of the molecule is CN(C)C(=O)/C=C/[C@@]1(C)C[C@@](CF)(c2cc(Nc3ncnc4cc(OCc5ncco5)cnc34)ccc2F)N=C(N)S1. The summed E-state index contributed by atoms with van der Waals surface area (Å²) in [6.45, 7) is 0.927. The fourth-order valence-corrected chi connectivity index (χ4v) is 5.73. The summed E-state index contributed by atoms with van der Waals surface area (Å²) >= 11 is 1.19. The van der Waals surface area contributed by atoms with E-state index in [1.54, 1.807) is 26.2 Å². The Labute approximate surface area is 244 Å². The Morgan fingerprint density at radius 3 is 2.83 bits per heavy atom. The molecule has 3 aromatic heterocycles. The Morgan fingerprint density at radius 1 is 1.26 bits per heavy atom. The molecule has 1 aliphatic rings. The maximum absolute atomic E-state index is 15.3. The van der Waals surface area contributed by atoms with Crippen LogP contribution in [0.3, 0.4) is 0 Å². The molecular weight excluding hydrogens is 566 g/mol. The number of benzene rings is 1. The normalized spacial score (nSPS) is 20.5. The highest BCUT2D eigenvalue weighted by Gasteiger charge is 2.45. The van der Waals surface area contributed by atoms with E-state index in [0.717, 1.165) is 0 Å². The van der Waals surface area contributed by atoms with Crippen LogP contribution in [0.25, 0.3) is 11.0 Å². The molecule has 1 amide bonds. The molecule has 5 rings (SSSR count). The van der Waals surface area contributed by atoms with Gasteiger partial charge in [0.15, 0.2) is 17.6 Å². The van der Waals surface area contributed by atoms with Gasteiger partial charge in [-0.15, -0.1) is 0 Å². The van der Waals surface area contributed by atoms with Crippen molar-refractivity contribution in [2.75, 3.05) is 26.1 Å².